The van der Waals surface area contributed by atoms with Gasteiger partial charge in [-0.2, -0.15) is 0 Å². The SMILES string of the molecule is Cc1ccc(C2(Nc3ccc4c(c3)Sc3cccc(-c5cc(N6CCOCC6)cc(=O)[nH]5)c3S4)CCC2)nc1. The number of aromatic nitrogens is 2. The Balaban J connectivity index is 1.17. The highest BCUT2D eigenvalue weighted by molar-refractivity contribution is 8.05. The van der Waals surface area contributed by atoms with E-state index in [9.17, 15) is 4.79 Å². The summed E-state index contributed by atoms with van der Waals surface area (Å²) in [6.07, 6.45) is 5.36. The van der Waals surface area contributed by atoms with E-state index in [0.717, 1.165) is 54.3 Å². The predicted octanol–water partition coefficient (Wildman–Crippen LogP) is 6.69. The molecule has 0 atom stereocenters. The lowest BCUT2D eigenvalue weighted by molar-refractivity contribution is 0.122. The normalized spacial score (nSPS) is 17.6. The van der Waals surface area contributed by atoms with Crippen LogP contribution in [0.1, 0.15) is 30.5 Å². The summed E-state index contributed by atoms with van der Waals surface area (Å²) in [6, 6.07) is 21.2. The highest BCUT2D eigenvalue weighted by atomic mass is 32.2. The number of nitrogens with zero attached hydrogens (tertiary/aromatic N) is 2. The number of aryl methyl sites for hydroxylation is 1. The fourth-order valence-electron chi connectivity index (χ4n) is 5.57. The molecule has 0 unspecified atom stereocenters. The molecule has 1 saturated carbocycles. The second kappa shape index (κ2) is 10.1. The summed E-state index contributed by atoms with van der Waals surface area (Å²) in [5, 5.41) is 3.84. The van der Waals surface area contributed by atoms with E-state index < -0.39 is 0 Å². The molecule has 3 aliphatic rings. The molecule has 39 heavy (non-hydrogen) atoms. The number of nitrogens with one attached hydrogen (secondary N) is 2. The standard InChI is InChI=1S/C31H30N4O2S2/c1-20-6-9-28(32-19-20)31(10-3-11-31)34-21-7-8-25-27(16-21)38-26-5-2-4-23(30(26)39-25)24-17-22(18-29(36)33-24)35-12-14-37-15-13-35/h2,4-9,16-19,34H,3,10-15H2,1H3,(H,33,36). The molecule has 6 nitrogen and oxygen atoms in total. The maximum Gasteiger partial charge on any atom is 0.250 e. The van der Waals surface area contributed by atoms with Crippen LogP contribution in [0, 0.1) is 6.92 Å². The van der Waals surface area contributed by atoms with E-state index in [4.69, 9.17) is 9.72 Å². The molecule has 1 aliphatic carbocycles. The molecule has 4 aromatic rings. The Kier molecular flexibility index (Phi) is 6.41. The first-order chi connectivity index (χ1) is 19.1. The van der Waals surface area contributed by atoms with Gasteiger partial charge in [-0.25, -0.2) is 0 Å². The van der Waals surface area contributed by atoms with Gasteiger partial charge in [0.25, 0.3) is 0 Å². The summed E-state index contributed by atoms with van der Waals surface area (Å²) in [4.78, 5) is 27.6. The zero-order chi connectivity index (χ0) is 26.4. The number of hydrogen-bond donors (Lipinski definition) is 2. The number of rotatable bonds is 5. The molecule has 2 aromatic carbocycles. The van der Waals surface area contributed by atoms with Gasteiger partial charge in [0.05, 0.1) is 30.1 Å². The number of hydrogen-bond acceptors (Lipinski definition) is 7. The van der Waals surface area contributed by atoms with Gasteiger partial charge >= 0.3 is 0 Å². The minimum atomic E-state index is -0.0864. The van der Waals surface area contributed by atoms with E-state index in [-0.39, 0.29) is 11.1 Å². The van der Waals surface area contributed by atoms with Gasteiger partial charge in [-0.15, -0.1) is 0 Å². The summed E-state index contributed by atoms with van der Waals surface area (Å²) < 4.78 is 5.50. The number of aromatic amines is 1. The van der Waals surface area contributed by atoms with Crippen molar-refractivity contribution in [1.82, 2.24) is 9.97 Å². The van der Waals surface area contributed by atoms with Crippen LogP contribution in [0.5, 0.6) is 0 Å². The first-order valence-corrected chi connectivity index (χ1v) is 15.1. The Morgan fingerprint density at radius 3 is 2.62 bits per heavy atom. The Bertz CT molecular complexity index is 1590. The van der Waals surface area contributed by atoms with Crippen LogP contribution in [0.25, 0.3) is 11.3 Å². The molecule has 2 aromatic heterocycles. The highest BCUT2D eigenvalue weighted by Crippen LogP contribution is 2.53. The van der Waals surface area contributed by atoms with E-state index in [1.807, 2.05) is 6.20 Å². The van der Waals surface area contributed by atoms with Crippen LogP contribution in [-0.4, -0.2) is 36.3 Å². The first kappa shape index (κ1) is 24.8. The van der Waals surface area contributed by atoms with Gasteiger partial charge < -0.3 is 19.9 Å². The zero-order valence-corrected chi connectivity index (χ0v) is 23.5. The Morgan fingerprint density at radius 1 is 0.974 bits per heavy atom. The van der Waals surface area contributed by atoms with Crippen molar-refractivity contribution in [2.75, 3.05) is 36.5 Å². The second-order valence-electron chi connectivity index (χ2n) is 10.5. The van der Waals surface area contributed by atoms with E-state index in [1.54, 1.807) is 29.6 Å². The Morgan fingerprint density at radius 2 is 1.85 bits per heavy atom. The minimum Gasteiger partial charge on any atom is -0.378 e. The number of fused-ring (bicyclic) bond motifs is 2. The average molecular weight is 555 g/mol. The van der Waals surface area contributed by atoms with Crippen molar-refractivity contribution in [1.29, 1.82) is 0 Å². The molecule has 2 fully saturated rings. The van der Waals surface area contributed by atoms with Gasteiger partial charge in [0.1, 0.15) is 0 Å². The van der Waals surface area contributed by atoms with E-state index in [0.29, 0.717) is 13.2 Å². The van der Waals surface area contributed by atoms with Crippen LogP contribution in [0.15, 0.2) is 91.2 Å². The number of ether oxygens (including phenoxy) is 1. The lowest BCUT2D eigenvalue weighted by Gasteiger charge is -2.43. The van der Waals surface area contributed by atoms with Crippen LogP contribution >= 0.6 is 23.5 Å². The maximum atomic E-state index is 12.7. The molecule has 0 bridgehead atoms. The van der Waals surface area contributed by atoms with Crippen LogP contribution in [0.4, 0.5) is 11.4 Å². The third-order valence-corrected chi connectivity index (χ3v) is 10.4. The average Bonchev–Trinajstić information content (AvgIpc) is 2.94. The van der Waals surface area contributed by atoms with Crippen molar-refractivity contribution in [3.63, 3.8) is 0 Å². The van der Waals surface area contributed by atoms with Gasteiger partial charge in [0, 0.05) is 61.9 Å². The number of benzene rings is 2. The molecule has 8 heteroatoms. The third-order valence-electron chi connectivity index (χ3n) is 7.84. The smallest absolute Gasteiger partial charge is 0.250 e. The topological polar surface area (TPSA) is 70.2 Å². The molecule has 1 saturated heterocycles. The van der Waals surface area contributed by atoms with Crippen molar-refractivity contribution < 1.29 is 4.74 Å². The van der Waals surface area contributed by atoms with Crippen molar-refractivity contribution >= 4 is 34.9 Å². The minimum absolute atomic E-state index is 0.0795. The molecular formula is C31H30N4O2S2. The summed E-state index contributed by atoms with van der Waals surface area (Å²) in [6.45, 7) is 5.05. The van der Waals surface area contributed by atoms with Gasteiger partial charge in [0.2, 0.25) is 5.56 Å². The fraction of sp³-hybridized carbons (Fsp3) is 0.290. The Hall–Kier alpha value is -3.20. The molecule has 2 aliphatic heterocycles. The van der Waals surface area contributed by atoms with Crippen LogP contribution in [0.2, 0.25) is 0 Å². The lowest BCUT2D eigenvalue weighted by atomic mass is 9.74. The van der Waals surface area contributed by atoms with Crippen molar-refractivity contribution in [3.05, 3.63) is 88.5 Å². The molecule has 7 rings (SSSR count). The van der Waals surface area contributed by atoms with E-state index in [2.05, 4.69) is 76.7 Å². The zero-order valence-electron chi connectivity index (χ0n) is 21.8. The summed E-state index contributed by atoms with van der Waals surface area (Å²) in [5.41, 5.74) is 6.14. The van der Waals surface area contributed by atoms with Gasteiger partial charge in [-0.3, -0.25) is 9.78 Å². The first-order valence-electron chi connectivity index (χ1n) is 13.5. The maximum absolute atomic E-state index is 12.7. The summed E-state index contributed by atoms with van der Waals surface area (Å²) >= 11 is 3.57. The van der Waals surface area contributed by atoms with Gasteiger partial charge in [-0.05, 0) is 68.1 Å². The fourth-order valence-corrected chi connectivity index (χ4v) is 7.99. The van der Waals surface area contributed by atoms with Crippen LogP contribution in [-0.2, 0) is 10.3 Å². The largest absolute Gasteiger partial charge is 0.378 e. The van der Waals surface area contributed by atoms with Crippen LogP contribution in [0.3, 0.4) is 0 Å². The van der Waals surface area contributed by atoms with E-state index >= 15 is 0 Å². The van der Waals surface area contributed by atoms with E-state index in [1.165, 1.54) is 31.6 Å². The number of pyridine rings is 2. The number of morpholine rings is 1. The van der Waals surface area contributed by atoms with Crippen LogP contribution < -0.4 is 15.8 Å². The summed E-state index contributed by atoms with van der Waals surface area (Å²) in [7, 11) is 0. The van der Waals surface area contributed by atoms with Crippen molar-refractivity contribution in [2.24, 2.45) is 0 Å². The summed E-state index contributed by atoms with van der Waals surface area (Å²) in [5.74, 6) is 0. The monoisotopic (exact) mass is 554 g/mol. The third kappa shape index (κ3) is 4.75. The molecule has 0 radical (unpaired) electrons. The molecule has 0 spiro atoms. The molecule has 0 amide bonds. The number of H-pyrrole nitrogens is 1. The highest BCUT2D eigenvalue weighted by Gasteiger charge is 2.40. The van der Waals surface area contributed by atoms with Gasteiger partial charge in [0.15, 0.2) is 0 Å². The van der Waals surface area contributed by atoms with Gasteiger partial charge in [-0.1, -0.05) is 41.7 Å². The second-order valence-corrected chi connectivity index (χ2v) is 12.6. The number of anilines is 2. The molecule has 198 valence electrons. The molecule has 2 N–H and O–H groups in total. The predicted molar refractivity (Wildman–Crippen MR) is 158 cm³/mol. The quantitative estimate of drug-likeness (QED) is 0.251. The lowest BCUT2D eigenvalue weighted by Crippen LogP contribution is -2.42. The molecular weight excluding hydrogens is 525 g/mol. The Labute approximate surface area is 236 Å². The van der Waals surface area contributed by atoms with Crippen molar-refractivity contribution in [3.8, 4) is 11.3 Å². The molecule has 4 heterocycles. The van der Waals surface area contributed by atoms with Crippen molar-refractivity contribution in [2.45, 2.75) is 51.3 Å².